The van der Waals surface area contributed by atoms with E-state index < -0.39 is 0 Å². The minimum Gasteiger partial charge on any atom is -0.370 e. The molecule has 5 nitrogen and oxygen atoms in total. The zero-order chi connectivity index (χ0) is 23.0. The Bertz CT molecular complexity index is 1080. The van der Waals surface area contributed by atoms with Crippen LogP contribution in [0.25, 0.3) is 0 Å². The van der Waals surface area contributed by atoms with E-state index in [-0.39, 0.29) is 18.1 Å². The summed E-state index contributed by atoms with van der Waals surface area (Å²) in [4.78, 5) is 20.1. The molecule has 2 N–H and O–H groups in total. The van der Waals surface area contributed by atoms with Crippen molar-refractivity contribution < 1.29 is 4.79 Å². The third-order valence-electron chi connectivity index (χ3n) is 5.99. The molecule has 0 radical (unpaired) electrons. The van der Waals surface area contributed by atoms with Gasteiger partial charge in [0.05, 0.1) is 18.3 Å². The fraction of sp³-hybridized carbons (Fsp3) is 0.286. The van der Waals surface area contributed by atoms with Crippen molar-refractivity contribution in [1.29, 1.82) is 0 Å². The van der Waals surface area contributed by atoms with Crippen molar-refractivity contribution in [1.82, 2.24) is 10.6 Å². The first-order valence-electron chi connectivity index (χ1n) is 11.6. The van der Waals surface area contributed by atoms with E-state index in [0.29, 0.717) is 6.54 Å². The number of nitrogens with zero attached hydrogens (tertiary/aromatic N) is 2. The molecule has 0 aliphatic carbocycles. The highest BCUT2D eigenvalue weighted by atomic mass is 16.2. The van der Waals surface area contributed by atoms with Crippen LogP contribution >= 0.6 is 0 Å². The van der Waals surface area contributed by atoms with E-state index in [1.165, 1.54) is 5.56 Å². The van der Waals surface area contributed by atoms with Crippen molar-refractivity contribution in [3.8, 4) is 0 Å². The number of rotatable bonds is 8. The summed E-state index contributed by atoms with van der Waals surface area (Å²) in [6, 6.07) is 28.6. The predicted molar refractivity (Wildman–Crippen MR) is 136 cm³/mol. The Labute approximate surface area is 196 Å². The average molecular weight is 441 g/mol. The quantitative estimate of drug-likeness (QED) is 0.520. The number of nitrogens with one attached hydrogen (secondary N) is 2. The van der Waals surface area contributed by atoms with Crippen molar-refractivity contribution in [3.63, 3.8) is 0 Å². The van der Waals surface area contributed by atoms with E-state index in [4.69, 9.17) is 4.99 Å². The minimum absolute atomic E-state index is 0.0322. The average Bonchev–Trinajstić information content (AvgIpc) is 2.99. The van der Waals surface area contributed by atoms with Gasteiger partial charge < -0.3 is 15.5 Å². The third-order valence-corrected chi connectivity index (χ3v) is 5.99. The van der Waals surface area contributed by atoms with E-state index in [1.807, 2.05) is 50.4 Å². The summed E-state index contributed by atoms with van der Waals surface area (Å²) in [5.41, 5.74) is 5.47. The monoisotopic (exact) mass is 440 g/mol. The standard InChI is InChI=1S/C28H32N4O/c1-21(29-19-11-14-22-12-5-3-6-13-22)28(33)31-26-20-32(2)25-18-10-9-17-24(25)27(30-26)23-15-7-4-8-16-23/h3-10,12-13,15-18,21,26,29H,11,14,19-20H2,1-2H3,(H,31,33)/t21-,26+/m0/s1. The van der Waals surface area contributed by atoms with Gasteiger partial charge in [0.15, 0.2) is 0 Å². The summed E-state index contributed by atoms with van der Waals surface area (Å²) in [7, 11) is 2.05. The zero-order valence-electron chi connectivity index (χ0n) is 19.4. The van der Waals surface area contributed by atoms with E-state index in [1.54, 1.807) is 0 Å². The van der Waals surface area contributed by atoms with E-state index >= 15 is 0 Å². The lowest BCUT2D eigenvalue weighted by atomic mass is 10.0. The number of likely N-dealkylation sites (N-methyl/N-ethyl adjacent to an activating group) is 1. The van der Waals surface area contributed by atoms with Crippen molar-refractivity contribution in [2.75, 3.05) is 25.0 Å². The van der Waals surface area contributed by atoms with Crippen LogP contribution in [0.15, 0.2) is 89.9 Å². The maximum Gasteiger partial charge on any atom is 0.238 e. The van der Waals surface area contributed by atoms with Gasteiger partial charge in [-0.3, -0.25) is 9.79 Å². The highest BCUT2D eigenvalue weighted by Gasteiger charge is 2.24. The van der Waals surface area contributed by atoms with Gasteiger partial charge in [-0.1, -0.05) is 78.9 Å². The lowest BCUT2D eigenvalue weighted by molar-refractivity contribution is -0.123. The van der Waals surface area contributed by atoms with Gasteiger partial charge in [0.2, 0.25) is 5.91 Å². The van der Waals surface area contributed by atoms with Gasteiger partial charge in [-0.25, -0.2) is 0 Å². The molecule has 0 saturated carbocycles. The third kappa shape index (κ3) is 5.88. The lowest BCUT2D eigenvalue weighted by Crippen LogP contribution is -2.49. The Kier molecular flexibility index (Phi) is 7.53. The molecule has 4 rings (SSSR count). The maximum absolute atomic E-state index is 12.9. The first kappa shape index (κ1) is 22.7. The van der Waals surface area contributed by atoms with Crippen LogP contribution in [0, 0.1) is 0 Å². The maximum atomic E-state index is 12.9. The molecule has 3 aromatic rings. The molecule has 170 valence electrons. The zero-order valence-corrected chi connectivity index (χ0v) is 19.4. The van der Waals surface area contributed by atoms with Gasteiger partial charge in [-0.05, 0) is 37.9 Å². The SMILES string of the molecule is C[C@H](NCCCc1ccccc1)C(=O)N[C@@H]1CN(C)c2ccccc2C(c2ccccc2)=N1. The second-order valence-electron chi connectivity index (χ2n) is 8.53. The topological polar surface area (TPSA) is 56.7 Å². The molecule has 0 spiro atoms. The number of benzene rings is 3. The number of carbonyl (C=O) groups is 1. The molecule has 0 bridgehead atoms. The molecular weight excluding hydrogens is 408 g/mol. The van der Waals surface area contributed by atoms with Gasteiger partial charge >= 0.3 is 0 Å². The van der Waals surface area contributed by atoms with Crippen LogP contribution in [0.3, 0.4) is 0 Å². The second-order valence-corrected chi connectivity index (χ2v) is 8.53. The highest BCUT2D eigenvalue weighted by Crippen LogP contribution is 2.26. The molecule has 0 fully saturated rings. The summed E-state index contributed by atoms with van der Waals surface area (Å²) in [5, 5.41) is 6.51. The van der Waals surface area contributed by atoms with Crippen LogP contribution in [-0.4, -0.2) is 44.0 Å². The second kappa shape index (κ2) is 10.9. The van der Waals surface area contributed by atoms with Crippen molar-refractivity contribution >= 4 is 17.3 Å². The molecule has 3 aromatic carbocycles. The number of amides is 1. The Hall–Kier alpha value is -3.44. The van der Waals surface area contributed by atoms with Crippen molar-refractivity contribution in [2.45, 2.75) is 32.0 Å². The molecule has 0 aromatic heterocycles. The molecule has 0 saturated heterocycles. The van der Waals surface area contributed by atoms with Crippen LogP contribution in [-0.2, 0) is 11.2 Å². The number of hydrogen-bond acceptors (Lipinski definition) is 4. The Balaban J connectivity index is 1.42. The molecule has 2 atom stereocenters. The van der Waals surface area contributed by atoms with E-state index in [2.05, 4.69) is 64.1 Å². The van der Waals surface area contributed by atoms with Gasteiger partial charge in [-0.2, -0.15) is 0 Å². The summed E-state index contributed by atoms with van der Waals surface area (Å²) in [6.07, 6.45) is 1.65. The number of hydrogen-bond donors (Lipinski definition) is 2. The van der Waals surface area contributed by atoms with Crippen LogP contribution in [0.1, 0.15) is 30.0 Å². The Morgan fingerprint density at radius 2 is 1.67 bits per heavy atom. The number of anilines is 1. The summed E-state index contributed by atoms with van der Waals surface area (Å²) in [5.74, 6) is -0.0322. The molecular formula is C28H32N4O. The van der Waals surface area contributed by atoms with E-state index in [0.717, 1.165) is 41.9 Å². The number of aliphatic imine (C=N–C) groups is 1. The van der Waals surface area contributed by atoms with Gasteiger partial charge in [-0.15, -0.1) is 0 Å². The fourth-order valence-electron chi connectivity index (χ4n) is 4.17. The summed E-state index contributed by atoms with van der Waals surface area (Å²) in [6.45, 7) is 3.31. The van der Waals surface area contributed by atoms with Gasteiger partial charge in [0.1, 0.15) is 6.17 Å². The fourth-order valence-corrected chi connectivity index (χ4v) is 4.17. The molecule has 1 amide bonds. The lowest BCUT2D eigenvalue weighted by Gasteiger charge is -2.24. The number of aryl methyl sites for hydroxylation is 1. The van der Waals surface area contributed by atoms with Gasteiger partial charge in [0.25, 0.3) is 0 Å². The molecule has 1 heterocycles. The number of para-hydroxylation sites is 1. The molecule has 5 heteroatoms. The van der Waals surface area contributed by atoms with Crippen molar-refractivity contribution in [3.05, 3.63) is 102 Å². The molecule has 1 aliphatic heterocycles. The molecule has 33 heavy (non-hydrogen) atoms. The first-order chi connectivity index (χ1) is 16.1. The Morgan fingerprint density at radius 3 is 2.42 bits per heavy atom. The van der Waals surface area contributed by atoms with Crippen LogP contribution in [0.5, 0.6) is 0 Å². The largest absolute Gasteiger partial charge is 0.370 e. The number of benzodiazepines with no additional fused rings is 1. The highest BCUT2D eigenvalue weighted by molar-refractivity contribution is 6.16. The van der Waals surface area contributed by atoms with Gasteiger partial charge in [0, 0.05) is 23.9 Å². The minimum atomic E-state index is -0.335. The van der Waals surface area contributed by atoms with Crippen LogP contribution < -0.4 is 15.5 Å². The van der Waals surface area contributed by atoms with Crippen molar-refractivity contribution in [2.24, 2.45) is 4.99 Å². The normalized spacial score (nSPS) is 16.4. The molecule has 0 unspecified atom stereocenters. The van der Waals surface area contributed by atoms with E-state index in [9.17, 15) is 4.79 Å². The first-order valence-corrected chi connectivity index (χ1v) is 11.6. The number of fused-ring (bicyclic) bond motifs is 1. The smallest absolute Gasteiger partial charge is 0.238 e. The summed E-state index contributed by atoms with van der Waals surface area (Å²) < 4.78 is 0. The Morgan fingerprint density at radius 1 is 1.00 bits per heavy atom. The van der Waals surface area contributed by atoms with Crippen LogP contribution in [0.2, 0.25) is 0 Å². The van der Waals surface area contributed by atoms with Crippen LogP contribution in [0.4, 0.5) is 5.69 Å². The molecule has 1 aliphatic rings. The predicted octanol–water partition coefficient (Wildman–Crippen LogP) is 4.03. The summed E-state index contributed by atoms with van der Waals surface area (Å²) >= 11 is 0. The number of carbonyl (C=O) groups excluding carboxylic acids is 1.